The molecule has 0 spiro atoms. The van der Waals surface area contributed by atoms with Gasteiger partial charge in [-0.1, -0.05) is 19.1 Å². The van der Waals surface area contributed by atoms with Crippen molar-refractivity contribution in [2.24, 2.45) is 0 Å². The summed E-state index contributed by atoms with van der Waals surface area (Å²) in [6, 6.07) is 6.31. The zero-order chi connectivity index (χ0) is 12.0. The van der Waals surface area contributed by atoms with Crippen LogP contribution in [-0.4, -0.2) is 24.9 Å². The third-order valence-electron chi connectivity index (χ3n) is 2.77. The second kappa shape index (κ2) is 6.51. The molecule has 0 heterocycles. The fourth-order valence-electron chi connectivity index (χ4n) is 1.65. The lowest BCUT2D eigenvalue weighted by Gasteiger charge is -2.14. The van der Waals surface area contributed by atoms with Gasteiger partial charge in [0.15, 0.2) is 0 Å². The van der Waals surface area contributed by atoms with Crippen molar-refractivity contribution >= 4 is 0 Å². The molecule has 0 saturated heterocycles. The first-order valence-corrected chi connectivity index (χ1v) is 5.69. The highest BCUT2D eigenvalue weighted by molar-refractivity contribution is 5.36. The van der Waals surface area contributed by atoms with E-state index in [2.05, 4.69) is 18.3 Å². The number of hydrogen-bond acceptors (Lipinski definition) is 3. The number of hydrogen-bond donors (Lipinski definition) is 2. The molecule has 0 unspecified atom stereocenters. The second-order valence-electron chi connectivity index (χ2n) is 3.97. The van der Waals surface area contributed by atoms with Crippen LogP contribution < -0.4 is 10.1 Å². The highest BCUT2D eigenvalue weighted by Gasteiger charge is 2.04. The monoisotopic (exact) mass is 223 g/mol. The molecule has 1 atom stereocenters. The lowest BCUT2D eigenvalue weighted by Crippen LogP contribution is -2.31. The predicted octanol–water partition coefficient (Wildman–Crippen LogP) is 1.86. The van der Waals surface area contributed by atoms with E-state index in [0.29, 0.717) is 0 Å². The summed E-state index contributed by atoms with van der Waals surface area (Å²) in [6.07, 6.45) is 0.936. The van der Waals surface area contributed by atoms with E-state index in [1.807, 2.05) is 19.1 Å². The quantitative estimate of drug-likeness (QED) is 0.773. The van der Waals surface area contributed by atoms with Gasteiger partial charge in [-0.15, -0.1) is 0 Å². The maximum Gasteiger partial charge on any atom is 0.121 e. The minimum atomic E-state index is 0.183. The summed E-state index contributed by atoms with van der Waals surface area (Å²) in [5, 5.41) is 12.4. The van der Waals surface area contributed by atoms with E-state index in [-0.39, 0.29) is 12.6 Å². The Morgan fingerprint density at radius 3 is 2.69 bits per heavy atom. The van der Waals surface area contributed by atoms with E-state index < -0.39 is 0 Å². The molecule has 1 aromatic carbocycles. The van der Waals surface area contributed by atoms with Gasteiger partial charge in [0, 0.05) is 12.6 Å². The zero-order valence-corrected chi connectivity index (χ0v) is 10.3. The first-order valence-electron chi connectivity index (χ1n) is 5.69. The second-order valence-corrected chi connectivity index (χ2v) is 3.97. The molecule has 16 heavy (non-hydrogen) atoms. The van der Waals surface area contributed by atoms with Gasteiger partial charge in [0.2, 0.25) is 0 Å². The predicted molar refractivity (Wildman–Crippen MR) is 65.7 cm³/mol. The molecule has 3 heteroatoms. The maximum atomic E-state index is 9.06. The first-order chi connectivity index (χ1) is 7.71. The Morgan fingerprint density at radius 1 is 1.44 bits per heavy atom. The van der Waals surface area contributed by atoms with Crippen LogP contribution in [0, 0.1) is 6.92 Å². The number of rotatable bonds is 6. The van der Waals surface area contributed by atoms with Gasteiger partial charge < -0.3 is 15.2 Å². The zero-order valence-electron chi connectivity index (χ0n) is 10.3. The van der Waals surface area contributed by atoms with Crippen molar-refractivity contribution in [2.45, 2.75) is 32.9 Å². The highest BCUT2D eigenvalue weighted by Crippen LogP contribution is 2.18. The van der Waals surface area contributed by atoms with Gasteiger partial charge in [0.05, 0.1) is 13.7 Å². The van der Waals surface area contributed by atoms with E-state index in [1.165, 1.54) is 5.56 Å². The highest BCUT2D eigenvalue weighted by atomic mass is 16.5. The van der Waals surface area contributed by atoms with Crippen molar-refractivity contribution in [3.63, 3.8) is 0 Å². The van der Waals surface area contributed by atoms with E-state index in [0.717, 1.165) is 24.3 Å². The van der Waals surface area contributed by atoms with Crippen LogP contribution in [-0.2, 0) is 6.54 Å². The van der Waals surface area contributed by atoms with Crippen LogP contribution in [0.4, 0.5) is 0 Å². The third-order valence-corrected chi connectivity index (χ3v) is 2.77. The third kappa shape index (κ3) is 3.51. The van der Waals surface area contributed by atoms with E-state index in [1.54, 1.807) is 7.11 Å². The molecule has 0 bridgehead atoms. The van der Waals surface area contributed by atoms with Crippen molar-refractivity contribution in [3.05, 3.63) is 29.3 Å². The standard InChI is InChI=1S/C13H21NO2/c1-4-12(9-15)14-8-11-5-6-13(16-3)10(2)7-11/h5-7,12,14-15H,4,8-9H2,1-3H3/t12-/m0/s1. The van der Waals surface area contributed by atoms with Gasteiger partial charge in [-0.25, -0.2) is 0 Å². The van der Waals surface area contributed by atoms with Crippen molar-refractivity contribution in [3.8, 4) is 5.75 Å². The fourth-order valence-corrected chi connectivity index (χ4v) is 1.65. The van der Waals surface area contributed by atoms with Crippen molar-refractivity contribution in [1.82, 2.24) is 5.32 Å². The van der Waals surface area contributed by atoms with Crippen molar-refractivity contribution in [2.75, 3.05) is 13.7 Å². The Balaban J connectivity index is 2.58. The molecule has 0 aliphatic rings. The van der Waals surface area contributed by atoms with Gasteiger partial charge in [0.1, 0.15) is 5.75 Å². The maximum absolute atomic E-state index is 9.06. The Hall–Kier alpha value is -1.06. The number of benzene rings is 1. The van der Waals surface area contributed by atoms with Gasteiger partial charge in [0.25, 0.3) is 0 Å². The Bertz CT molecular complexity index is 322. The van der Waals surface area contributed by atoms with Gasteiger partial charge >= 0.3 is 0 Å². The van der Waals surface area contributed by atoms with Gasteiger partial charge in [-0.3, -0.25) is 0 Å². The SMILES string of the molecule is CC[C@@H](CO)NCc1ccc(OC)c(C)c1. The summed E-state index contributed by atoms with van der Waals surface area (Å²) < 4.78 is 5.21. The molecular weight excluding hydrogens is 202 g/mol. The first kappa shape index (κ1) is 13.0. The molecule has 0 saturated carbocycles. The van der Waals surface area contributed by atoms with E-state index in [4.69, 9.17) is 9.84 Å². The number of aliphatic hydroxyl groups is 1. The van der Waals surface area contributed by atoms with Gasteiger partial charge in [-0.2, -0.15) is 0 Å². The van der Waals surface area contributed by atoms with Crippen LogP contribution in [0.15, 0.2) is 18.2 Å². The fraction of sp³-hybridized carbons (Fsp3) is 0.538. The summed E-state index contributed by atoms with van der Waals surface area (Å²) in [4.78, 5) is 0. The molecule has 0 aliphatic carbocycles. The molecule has 0 aliphatic heterocycles. The smallest absolute Gasteiger partial charge is 0.121 e. The van der Waals surface area contributed by atoms with Crippen LogP contribution in [0.1, 0.15) is 24.5 Å². The molecule has 3 nitrogen and oxygen atoms in total. The Kier molecular flexibility index (Phi) is 5.29. The lowest BCUT2D eigenvalue weighted by molar-refractivity contribution is 0.238. The molecular formula is C13H21NO2. The summed E-state index contributed by atoms with van der Waals surface area (Å²) in [7, 11) is 1.68. The minimum absolute atomic E-state index is 0.183. The number of ether oxygens (including phenoxy) is 1. The summed E-state index contributed by atoms with van der Waals surface area (Å²) in [5.41, 5.74) is 2.35. The van der Waals surface area contributed by atoms with Crippen LogP contribution in [0.25, 0.3) is 0 Å². The van der Waals surface area contributed by atoms with Crippen LogP contribution in [0.2, 0.25) is 0 Å². The summed E-state index contributed by atoms with van der Waals surface area (Å²) in [6.45, 7) is 5.06. The Morgan fingerprint density at radius 2 is 2.19 bits per heavy atom. The summed E-state index contributed by atoms with van der Waals surface area (Å²) in [5.74, 6) is 0.915. The average Bonchev–Trinajstić information content (AvgIpc) is 2.30. The average molecular weight is 223 g/mol. The van der Waals surface area contributed by atoms with Crippen LogP contribution in [0.3, 0.4) is 0 Å². The number of methoxy groups -OCH3 is 1. The van der Waals surface area contributed by atoms with Crippen molar-refractivity contribution < 1.29 is 9.84 Å². The molecule has 1 aromatic rings. The molecule has 0 radical (unpaired) electrons. The number of nitrogens with one attached hydrogen (secondary N) is 1. The summed E-state index contributed by atoms with van der Waals surface area (Å²) >= 11 is 0. The number of aliphatic hydroxyl groups excluding tert-OH is 1. The number of aryl methyl sites for hydroxylation is 1. The molecule has 2 N–H and O–H groups in total. The van der Waals surface area contributed by atoms with E-state index >= 15 is 0 Å². The molecule has 0 fully saturated rings. The van der Waals surface area contributed by atoms with Crippen LogP contribution in [0.5, 0.6) is 5.75 Å². The van der Waals surface area contributed by atoms with Crippen LogP contribution >= 0.6 is 0 Å². The Labute approximate surface area is 97.4 Å². The largest absolute Gasteiger partial charge is 0.496 e. The molecule has 90 valence electrons. The van der Waals surface area contributed by atoms with Gasteiger partial charge in [-0.05, 0) is 30.5 Å². The normalized spacial score (nSPS) is 12.5. The molecule has 1 rings (SSSR count). The molecule has 0 amide bonds. The topological polar surface area (TPSA) is 41.5 Å². The van der Waals surface area contributed by atoms with Crippen molar-refractivity contribution in [1.29, 1.82) is 0 Å². The minimum Gasteiger partial charge on any atom is -0.496 e. The van der Waals surface area contributed by atoms with E-state index in [9.17, 15) is 0 Å². The lowest BCUT2D eigenvalue weighted by atomic mass is 10.1. The molecule has 0 aromatic heterocycles.